The monoisotopic (exact) mass is 341 g/mol. The minimum atomic E-state index is 0.699. The second kappa shape index (κ2) is 7.49. The Balaban J connectivity index is 1.54. The van der Waals surface area contributed by atoms with Gasteiger partial charge in [0.25, 0.3) is 0 Å². The van der Waals surface area contributed by atoms with Gasteiger partial charge in [0.05, 0.1) is 6.54 Å². The summed E-state index contributed by atoms with van der Waals surface area (Å²) in [4.78, 5) is 13.2. The zero-order valence-electron chi connectivity index (χ0n) is 14.3. The number of hydrogen-bond donors (Lipinski definition) is 3. The van der Waals surface area contributed by atoms with Crippen LogP contribution in [0.4, 0.5) is 0 Å². The Labute approximate surface area is 146 Å². The number of aliphatic imine (C=N–C) groups is 1. The Bertz CT molecular complexity index is 846. The standard InChI is InChI=1S/C18H23N5S/c1-12-5-4-6-15-17(12)14(10-21-15)7-8-20-18(19-3)23-11-16-22-9-13(2)24-16/h4-6,9-10,21H,7-8,11H2,1-3H3,(H2,19,20,23). The van der Waals surface area contributed by atoms with Gasteiger partial charge < -0.3 is 15.6 Å². The molecule has 0 amide bonds. The van der Waals surface area contributed by atoms with Crippen LogP contribution in [0, 0.1) is 13.8 Å². The molecule has 24 heavy (non-hydrogen) atoms. The quantitative estimate of drug-likeness (QED) is 0.493. The van der Waals surface area contributed by atoms with Crippen LogP contribution in [-0.4, -0.2) is 29.5 Å². The number of fused-ring (bicyclic) bond motifs is 1. The molecule has 0 radical (unpaired) electrons. The maximum atomic E-state index is 4.36. The van der Waals surface area contributed by atoms with Crippen molar-refractivity contribution in [2.75, 3.05) is 13.6 Å². The van der Waals surface area contributed by atoms with Crippen molar-refractivity contribution in [3.63, 3.8) is 0 Å². The van der Waals surface area contributed by atoms with Crippen LogP contribution >= 0.6 is 11.3 Å². The molecular weight excluding hydrogens is 318 g/mol. The Morgan fingerprint density at radius 3 is 2.92 bits per heavy atom. The number of aromatic nitrogens is 2. The summed E-state index contributed by atoms with van der Waals surface area (Å²) < 4.78 is 0. The number of rotatable bonds is 5. The maximum absolute atomic E-state index is 4.36. The third-order valence-electron chi connectivity index (χ3n) is 3.98. The molecule has 6 heteroatoms. The highest BCUT2D eigenvalue weighted by Gasteiger charge is 2.06. The molecule has 0 unspecified atom stereocenters. The number of aromatic amines is 1. The van der Waals surface area contributed by atoms with E-state index in [1.54, 1.807) is 18.4 Å². The van der Waals surface area contributed by atoms with Crippen molar-refractivity contribution in [2.45, 2.75) is 26.8 Å². The van der Waals surface area contributed by atoms with E-state index in [1.165, 1.54) is 26.9 Å². The molecule has 1 aromatic carbocycles. The van der Waals surface area contributed by atoms with Gasteiger partial charge in [-0.3, -0.25) is 4.99 Å². The number of nitrogens with zero attached hydrogens (tertiary/aromatic N) is 2. The lowest BCUT2D eigenvalue weighted by molar-refractivity contribution is 0.793. The lowest BCUT2D eigenvalue weighted by Crippen LogP contribution is -2.37. The van der Waals surface area contributed by atoms with E-state index in [2.05, 4.69) is 63.8 Å². The molecule has 0 aliphatic carbocycles. The van der Waals surface area contributed by atoms with Gasteiger partial charge in [0.2, 0.25) is 0 Å². The van der Waals surface area contributed by atoms with E-state index in [0.29, 0.717) is 6.54 Å². The first-order valence-electron chi connectivity index (χ1n) is 8.09. The highest BCUT2D eigenvalue weighted by Crippen LogP contribution is 2.22. The molecule has 126 valence electrons. The summed E-state index contributed by atoms with van der Waals surface area (Å²) in [6.45, 7) is 5.75. The summed E-state index contributed by atoms with van der Waals surface area (Å²) in [7, 11) is 1.79. The topological polar surface area (TPSA) is 65.1 Å². The van der Waals surface area contributed by atoms with Crippen molar-refractivity contribution in [3.05, 3.63) is 51.6 Å². The normalized spacial score (nSPS) is 11.9. The van der Waals surface area contributed by atoms with E-state index < -0.39 is 0 Å². The molecule has 0 aliphatic rings. The molecule has 3 aromatic rings. The summed E-state index contributed by atoms with van der Waals surface area (Å²) in [6.07, 6.45) is 4.95. The fraction of sp³-hybridized carbons (Fsp3) is 0.333. The Morgan fingerprint density at radius 2 is 2.17 bits per heavy atom. The molecule has 0 bridgehead atoms. The molecule has 0 atom stereocenters. The summed E-state index contributed by atoms with van der Waals surface area (Å²) in [5.74, 6) is 0.805. The van der Waals surface area contributed by atoms with E-state index in [1.807, 2.05) is 6.20 Å². The van der Waals surface area contributed by atoms with Gasteiger partial charge in [-0.2, -0.15) is 0 Å². The highest BCUT2D eigenvalue weighted by molar-refractivity contribution is 7.11. The molecule has 0 aliphatic heterocycles. The van der Waals surface area contributed by atoms with Gasteiger partial charge in [-0.15, -0.1) is 11.3 Å². The van der Waals surface area contributed by atoms with Crippen molar-refractivity contribution < 1.29 is 0 Å². The van der Waals surface area contributed by atoms with Gasteiger partial charge >= 0.3 is 0 Å². The molecule has 3 N–H and O–H groups in total. The van der Waals surface area contributed by atoms with Crippen molar-refractivity contribution in [1.82, 2.24) is 20.6 Å². The molecule has 3 rings (SSSR count). The zero-order chi connectivity index (χ0) is 16.9. The van der Waals surface area contributed by atoms with Crippen LogP contribution in [0.2, 0.25) is 0 Å². The Kier molecular flexibility index (Phi) is 5.15. The Morgan fingerprint density at radius 1 is 1.29 bits per heavy atom. The van der Waals surface area contributed by atoms with Crippen molar-refractivity contribution in [3.8, 4) is 0 Å². The van der Waals surface area contributed by atoms with Crippen LogP contribution in [0.3, 0.4) is 0 Å². The summed E-state index contributed by atoms with van der Waals surface area (Å²) in [5.41, 5.74) is 3.85. The van der Waals surface area contributed by atoms with Crippen molar-refractivity contribution in [2.24, 2.45) is 4.99 Å². The first-order valence-corrected chi connectivity index (χ1v) is 8.90. The van der Waals surface area contributed by atoms with Crippen LogP contribution < -0.4 is 10.6 Å². The van der Waals surface area contributed by atoms with Crippen LogP contribution in [0.1, 0.15) is 21.0 Å². The van der Waals surface area contributed by atoms with Gasteiger partial charge in [-0.05, 0) is 37.5 Å². The second-order valence-electron chi connectivity index (χ2n) is 5.78. The highest BCUT2D eigenvalue weighted by atomic mass is 32.1. The predicted octanol–water partition coefficient (Wildman–Crippen LogP) is 3.15. The largest absolute Gasteiger partial charge is 0.361 e. The van der Waals surface area contributed by atoms with E-state index in [0.717, 1.165) is 23.9 Å². The summed E-state index contributed by atoms with van der Waals surface area (Å²) >= 11 is 1.70. The first-order chi connectivity index (χ1) is 11.7. The van der Waals surface area contributed by atoms with Gasteiger partial charge in [-0.1, -0.05) is 12.1 Å². The zero-order valence-corrected chi connectivity index (χ0v) is 15.1. The molecule has 2 heterocycles. The van der Waals surface area contributed by atoms with E-state index in [-0.39, 0.29) is 0 Å². The number of nitrogens with one attached hydrogen (secondary N) is 3. The smallest absolute Gasteiger partial charge is 0.191 e. The van der Waals surface area contributed by atoms with Crippen LogP contribution in [0.25, 0.3) is 10.9 Å². The van der Waals surface area contributed by atoms with Gasteiger partial charge in [0.1, 0.15) is 5.01 Å². The molecule has 0 fully saturated rings. The van der Waals surface area contributed by atoms with Crippen LogP contribution in [0.15, 0.2) is 35.6 Å². The number of guanidine groups is 1. The van der Waals surface area contributed by atoms with Crippen LogP contribution in [-0.2, 0) is 13.0 Å². The number of aryl methyl sites for hydroxylation is 2. The molecule has 0 spiro atoms. The maximum Gasteiger partial charge on any atom is 0.191 e. The minimum Gasteiger partial charge on any atom is -0.361 e. The minimum absolute atomic E-state index is 0.699. The van der Waals surface area contributed by atoms with Gasteiger partial charge in [0, 0.05) is 41.8 Å². The number of benzene rings is 1. The van der Waals surface area contributed by atoms with Crippen molar-refractivity contribution in [1.29, 1.82) is 0 Å². The molecule has 2 aromatic heterocycles. The van der Waals surface area contributed by atoms with E-state index in [9.17, 15) is 0 Å². The first kappa shape index (κ1) is 16.5. The Hall–Kier alpha value is -2.34. The fourth-order valence-electron chi connectivity index (χ4n) is 2.83. The molecular formula is C18H23N5S. The fourth-order valence-corrected chi connectivity index (χ4v) is 3.55. The van der Waals surface area contributed by atoms with Crippen molar-refractivity contribution >= 4 is 28.2 Å². The average molecular weight is 341 g/mol. The molecule has 0 saturated heterocycles. The molecule has 0 saturated carbocycles. The number of thiazole rings is 1. The second-order valence-corrected chi connectivity index (χ2v) is 7.10. The summed E-state index contributed by atoms with van der Waals surface area (Å²) in [5, 5.41) is 9.08. The number of H-pyrrole nitrogens is 1. The number of hydrogen-bond acceptors (Lipinski definition) is 3. The molecule has 5 nitrogen and oxygen atoms in total. The third kappa shape index (κ3) is 3.76. The van der Waals surface area contributed by atoms with E-state index >= 15 is 0 Å². The predicted molar refractivity (Wildman–Crippen MR) is 102 cm³/mol. The third-order valence-corrected chi connectivity index (χ3v) is 4.90. The average Bonchev–Trinajstić information content (AvgIpc) is 3.18. The van der Waals surface area contributed by atoms with Gasteiger partial charge in [0.15, 0.2) is 5.96 Å². The summed E-state index contributed by atoms with van der Waals surface area (Å²) in [6, 6.07) is 6.36. The lowest BCUT2D eigenvalue weighted by atomic mass is 10.1. The van der Waals surface area contributed by atoms with Gasteiger partial charge in [-0.25, -0.2) is 4.98 Å². The lowest BCUT2D eigenvalue weighted by Gasteiger charge is -2.10. The van der Waals surface area contributed by atoms with E-state index in [4.69, 9.17) is 0 Å². The SMILES string of the molecule is CN=C(NCCc1c[nH]c2cccc(C)c12)NCc1ncc(C)s1. The van der Waals surface area contributed by atoms with Crippen LogP contribution in [0.5, 0.6) is 0 Å².